The topological polar surface area (TPSA) is 79.4 Å². The number of benzene rings is 1. The lowest BCUT2D eigenvalue weighted by Crippen LogP contribution is -2.01. The first-order valence-corrected chi connectivity index (χ1v) is 6.28. The van der Waals surface area contributed by atoms with E-state index in [1.54, 1.807) is 0 Å². The van der Waals surface area contributed by atoms with Crippen LogP contribution in [-0.4, -0.2) is 20.0 Å². The molecule has 1 N–H and O–H groups in total. The van der Waals surface area contributed by atoms with E-state index in [1.165, 1.54) is 0 Å². The average Bonchev–Trinajstić information content (AvgIpc) is 2.95. The Morgan fingerprint density at radius 2 is 2.10 bits per heavy atom. The highest BCUT2D eigenvalue weighted by Gasteiger charge is 2.11. The first kappa shape index (κ1) is 12.1. The molecule has 3 rings (SSSR count). The van der Waals surface area contributed by atoms with Crippen molar-refractivity contribution in [2.45, 2.75) is 13.5 Å². The summed E-state index contributed by atoms with van der Waals surface area (Å²) in [5.74, 6) is 0.682. The summed E-state index contributed by atoms with van der Waals surface area (Å²) < 4.78 is 1.81. The minimum Gasteiger partial charge on any atom is -0.336 e. The molecule has 20 heavy (non-hydrogen) atoms. The van der Waals surface area contributed by atoms with Crippen LogP contribution < -0.4 is 5.32 Å². The van der Waals surface area contributed by atoms with Gasteiger partial charge in [0.15, 0.2) is 11.5 Å². The molecule has 0 aliphatic heterocycles. The van der Waals surface area contributed by atoms with Gasteiger partial charge in [-0.3, -0.25) is 4.68 Å². The molecule has 98 valence electrons. The number of hydrogen-bond acceptors (Lipinski definition) is 5. The van der Waals surface area contributed by atoms with Gasteiger partial charge in [0.1, 0.15) is 6.07 Å². The van der Waals surface area contributed by atoms with E-state index in [2.05, 4.69) is 26.7 Å². The first-order chi connectivity index (χ1) is 9.81. The second kappa shape index (κ2) is 4.97. The number of nitrogens with one attached hydrogen (secondary N) is 1. The fourth-order valence-corrected chi connectivity index (χ4v) is 1.99. The fraction of sp³-hybridized carbons (Fsp3) is 0.143. The molecule has 6 heteroatoms. The molecular weight excluding hydrogens is 252 g/mol. The van der Waals surface area contributed by atoms with E-state index in [0.29, 0.717) is 11.5 Å². The maximum Gasteiger partial charge on any atom is 0.187 e. The summed E-state index contributed by atoms with van der Waals surface area (Å²) in [4.78, 5) is 0. The third-order valence-electron chi connectivity index (χ3n) is 2.99. The quantitative estimate of drug-likeness (QED) is 0.786. The molecule has 0 aliphatic carbocycles. The molecule has 0 aliphatic rings. The number of rotatable bonds is 3. The number of anilines is 2. The van der Waals surface area contributed by atoms with Crippen LogP contribution in [0.4, 0.5) is 11.5 Å². The van der Waals surface area contributed by atoms with Crippen molar-refractivity contribution >= 4 is 22.4 Å². The number of aromatic nitrogens is 4. The second-order valence-corrected chi connectivity index (χ2v) is 4.23. The highest BCUT2D eigenvalue weighted by molar-refractivity contribution is 5.94. The van der Waals surface area contributed by atoms with Gasteiger partial charge in [0.25, 0.3) is 0 Å². The van der Waals surface area contributed by atoms with E-state index in [-0.39, 0.29) is 5.69 Å². The highest BCUT2D eigenvalue weighted by atomic mass is 15.3. The zero-order chi connectivity index (χ0) is 13.9. The summed E-state index contributed by atoms with van der Waals surface area (Å²) in [6, 6.07) is 11.5. The summed E-state index contributed by atoms with van der Waals surface area (Å²) in [5.41, 5.74) is 1.64. The Morgan fingerprint density at radius 3 is 2.85 bits per heavy atom. The molecule has 0 atom stereocenters. The van der Waals surface area contributed by atoms with Gasteiger partial charge < -0.3 is 5.32 Å². The molecule has 3 aromatic rings. The lowest BCUT2D eigenvalue weighted by atomic mass is 10.1. The maximum atomic E-state index is 9.19. The maximum absolute atomic E-state index is 9.19. The van der Waals surface area contributed by atoms with Crippen molar-refractivity contribution in [2.75, 3.05) is 5.32 Å². The van der Waals surface area contributed by atoms with Crippen molar-refractivity contribution in [3.63, 3.8) is 0 Å². The van der Waals surface area contributed by atoms with E-state index < -0.39 is 0 Å². The van der Waals surface area contributed by atoms with Gasteiger partial charge in [-0.15, -0.1) is 10.2 Å². The van der Waals surface area contributed by atoms with Gasteiger partial charge in [-0.2, -0.15) is 10.4 Å². The van der Waals surface area contributed by atoms with Crippen molar-refractivity contribution in [2.24, 2.45) is 0 Å². The van der Waals surface area contributed by atoms with E-state index in [0.717, 1.165) is 17.4 Å². The number of aryl methyl sites for hydroxylation is 1. The number of fused-ring (bicyclic) bond motifs is 1. The standard InChI is InChI=1S/C14H12N6/c1-2-20-8-7-13(19-20)16-14-10-5-3-4-6-11(10)17-18-12(14)9-15/h3-8H,2H2,1H3,(H,16,17,19). The lowest BCUT2D eigenvalue weighted by Gasteiger charge is -2.07. The van der Waals surface area contributed by atoms with E-state index >= 15 is 0 Å². The normalized spacial score (nSPS) is 10.4. The van der Waals surface area contributed by atoms with Crippen molar-refractivity contribution in [1.29, 1.82) is 5.26 Å². The number of nitrogens with zero attached hydrogens (tertiary/aromatic N) is 5. The third kappa shape index (κ3) is 2.06. The van der Waals surface area contributed by atoms with Crippen LogP contribution in [0.25, 0.3) is 10.9 Å². The smallest absolute Gasteiger partial charge is 0.187 e. The first-order valence-electron chi connectivity index (χ1n) is 6.28. The predicted molar refractivity (Wildman–Crippen MR) is 75.4 cm³/mol. The van der Waals surface area contributed by atoms with Crippen LogP contribution in [0.1, 0.15) is 12.6 Å². The van der Waals surface area contributed by atoms with Gasteiger partial charge >= 0.3 is 0 Å². The summed E-state index contributed by atoms with van der Waals surface area (Å²) in [5, 5.41) is 25.5. The third-order valence-corrected chi connectivity index (χ3v) is 2.99. The van der Waals surface area contributed by atoms with Gasteiger partial charge in [0, 0.05) is 24.2 Å². The van der Waals surface area contributed by atoms with E-state index in [1.807, 2.05) is 48.1 Å². The van der Waals surface area contributed by atoms with Crippen molar-refractivity contribution in [3.8, 4) is 6.07 Å². The minimum atomic E-state index is 0.259. The summed E-state index contributed by atoms with van der Waals surface area (Å²) in [7, 11) is 0. The minimum absolute atomic E-state index is 0.259. The Hall–Kier alpha value is -2.94. The molecule has 0 bridgehead atoms. The Kier molecular flexibility index (Phi) is 3.01. The van der Waals surface area contributed by atoms with Crippen LogP contribution in [0, 0.1) is 11.3 Å². The molecule has 0 radical (unpaired) electrons. The summed E-state index contributed by atoms with van der Waals surface area (Å²) in [6.07, 6.45) is 1.88. The molecule has 0 spiro atoms. The van der Waals surface area contributed by atoms with Gasteiger partial charge in [0.05, 0.1) is 11.2 Å². The molecule has 0 fully saturated rings. The van der Waals surface area contributed by atoms with Crippen LogP contribution in [0.15, 0.2) is 36.5 Å². The van der Waals surface area contributed by atoms with Gasteiger partial charge in [-0.25, -0.2) is 0 Å². The molecule has 6 nitrogen and oxygen atoms in total. The van der Waals surface area contributed by atoms with Crippen LogP contribution in [0.3, 0.4) is 0 Å². The van der Waals surface area contributed by atoms with Gasteiger partial charge in [-0.1, -0.05) is 18.2 Å². The van der Waals surface area contributed by atoms with Crippen LogP contribution in [-0.2, 0) is 6.54 Å². The molecule has 0 saturated heterocycles. The summed E-state index contributed by atoms with van der Waals surface area (Å²) in [6.45, 7) is 2.81. The van der Waals surface area contributed by atoms with E-state index in [9.17, 15) is 5.26 Å². The van der Waals surface area contributed by atoms with Crippen molar-refractivity contribution in [3.05, 3.63) is 42.2 Å². The van der Waals surface area contributed by atoms with Crippen LogP contribution >= 0.6 is 0 Å². The van der Waals surface area contributed by atoms with Crippen LogP contribution in [0.5, 0.6) is 0 Å². The Bertz CT molecular complexity index is 799. The fourth-order valence-electron chi connectivity index (χ4n) is 1.99. The van der Waals surface area contributed by atoms with Crippen molar-refractivity contribution in [1.82, 2.24) is 20.0 Å². The highest BCUT2D eigenvalue weighted by Crippen LogP contribution is 2.26. The van der Waals surface area contributed by atoms with Gasteiger partial charge in [-0.05, 0) is 13.0 Å². The zero-order valence-electron chi connectivity index (χ0n) is 10.9. The Labute approximate surface area is 115 Å². The van der Waals surface area contributed by atoms with E-state index in [4.69, 9.17) is 0 Å². The SMILES string of the molecule is CCn1ccc(Nc2c(C#N)nnc3ccccc23)n1. The number of nitriles is 1. The Morgan fingerprint density at radius 1 is 1.25 bits per heavy atom. The molecule has 0 amide bonds. The molecule has 0 saturated carbocycles. The predicted octanol–water partition coefficient (Wildman–Crippen LogP) is 2.46. The Balaban J connectivity index is 2.11. The lowest BCUT2D eigenvalue weighted by molar-refractivity contribution is 0.662. The summed E-state index contributed by atoms with van der Waals surface area (Å²) >= 11 is 0. The molecule has 2 aromatic heterocycles. The average molecular weight is 264 g/mol. The van der Waals surface area contributed by atoms with Crippen LogP contribution in [0.2, 0.25) is 0 Å². The van der Waals surface area contributed by atoms with Crippen molar-refractivity contribution < 1.29 is 0 Å². The monoisotopic (exact) mass is 264 g/mol. The number of hydrogen-bond donors (Lipinski definition) is 1. The molecule has 1 aromatic carbocycles. The largest absolute Gasteiger partial charge is 0.336 e. The van der Waals surface area contributed by atoms with Gasteiger partial charge in [0.2, 0.25) is 0 Å². The zero-order valence-corrected chi connectivity index (χ0v) is 10.9. The molecule has 0 unspecified atom stereocenters. The molecule has 2 heterocycles. The molecular formula is C14H12N6. The second-order valence-electron chi connectivity index (χ2n) is 4.23.